The van der Waals surface area contributed by atoms with Crippen molar-refractivity contribution in [1.29, 1.82) is 0 Å². The molecule has 0 atom stereocenters. The molecule has 69 heavy (non-hydrogen) atoms. The van der Waals surface area contributed by atoms with Gasteiger partial charge in [-0.3, -0.25) is 0 Å². The zero-order valence-electron chi connectivity index (χ0n) is 38.6. The van der Waals surface area contributed by atoms with Crippen molar-refractivity contribution in [2.75, 3.05) is 4.90 Å². The summed E-state index contributed by atoms with van der Waals surface area (Å²) < 4.78 is 0. The molecule has 0 bridgehead atoms. The molecule has 3 aliphatic rings. The average molecular weight is 878 g/mol. The highest BCUT2D eigenvalue weighted by atomic mass is 15.1. The maximum Gasteiger partial charge on any atom is 0.0726 e. The van der Waals surface area contributed by atoms with E-state index in [9.17, 15) is 0 Å². The molecule has 1 spiro atoms. The lowest BCUT2D eigenvalue weighted by molar-refractivity contribution is 0.660. The van der Waals surface area contributed by atoms with Crippen molar-refractivity contribution in [2.24, 2.45) is 0 Å². The Bertz CT molecular complexity index is 3830. The van der Waals surface area contributed by atoms with Crippen LogP contribution < -0.4 is 4.90 Å². The number of hydrogen-bond donors (Lipinski definition) is 0. The number of anilines is 3. The van der Waals surface area contributed by atoms with Crippen LogP contribution in [0.1, 0.15) is 47.2 Å². The smallest absolute Gasteiger partial charge is 0.0726 e. The van der Waals surface area contributed by atoms with Crippen LogP contribution in [0, 0.1) is 0 Å². The average Bonchev–Trinajstić information content (AvgIpc) is 3.96. The third kappa shape index (κ3) is 5.71. The monoisotopic (exact) mass is 877 g/mol. The van der Waals surface area contributed by atoms with E-state index in [4.69, 9.17) is 0 Å². The zero-order valence-corrected chi connectivity index (χ0v) is 38.6. The molecule has 0 N–H and O–H groups in total. The number of fused-ring (bicyclic) bond motifs is 14. The number of hydrogen-bond acceptors (Lipinski definition) is 1. The van der Waals surface area contributed by atoms with Crippen molar-refractivity contribution in [2.45, 2.75) is 24.7 Å². The highest BCUT2D eigenvalue weighted by Gasteiger charge is 2.52. The summed E-state index contributed by atoms with van der Waals surface area (Å²) in [5, 5.41) is 2.52. The minimum Gasteiger partial charge on any atom is -0.310 e. The van der Waals surface area contributed by atoms with E-state index in [2.05, 4.69) is 267 Å². The second-order valence-corrected chi connectivity index (χ2v) is 19.6. The van der Waals surface area contributed by atoms with Gasteiger partial charge in [0.15, 0.2) is 0 Å². The lowest BCUT2D eigenvalue weighted by Crippen LogP contribution is -2.26. The van der Waals surface area contributed by atoms with Crippen LogP contribution >= 0.6 is 0 Å². The third-order valence-corrected chi connectivity index (χ3v) is 15.7. The van der Waals surface area contributed by atoms with Gasteiger partial charge in [0.2, 0.25) is 0 Å². The van der Waals surface area contributed by atoms with Gasteiger partial charge in [0.25, 0.3) is 0 Å². The van der Waals surface area contributed by atoms with Gasteiger partial charge in [-0.2, -0.15) is 0 Å². The summed E-state index contributed by atoms with van der Waals surface area (Å²) in [4.78, 5) is 2.55. The van der Waals surface area contributed by atoms with Crippen molar-refractivity contribution < 1.29 is 0 Å². The first-order chi connectivity index (χ1) is 34.0. The largest absolute Gasteiger partial charge is 0.310 e. The molecule has 11 aromatic carbocycles. The molecule has 1 heteroatoms. The Morgan fingerprint density at radius 2 is 0.696 bits per heavy atom. The van der Waals surface area contributed by atoms with Gasteiger partial charge in [0.05, 0.1) is 11.1 Å². The van der Waals surface area contributed by atoms with Gasteiger partial charge < -0.3 is 4.90 Å². The Morgan fingerprint density at radius 1 is 0.261 bits per heavy atom. The highest BCUT2D eigenvalue weighted by Crippen LogP contribution is 2.64. The van der Waals surface area contributed by atoms with Crippen LogP contribution in [0.5, 0.6) is 0 Å². The number of benzene rings is 11. The second kappa shape index (κ2) is 15.0. The first kappa shape index (κ1) is 39.6. The summed E-state index contributed by atoms with van der Waals surface area (Å²) in [6.07, 6.45) is 0. The molecule has 0 saturated carbocycles. The molecule has 3 aliphatic carbocycles. The standard InChI is InChI=1S/C68H47N/c1-67(2)60-30-16-13-27-53(60)56-36-34-49(42-63(56)67)69(66-38-33-48(40-58(66)45-21-7-4-8-22-45)52-26-12-11-25-51(52)44-19-5-3-6-20-44)50-35-37-57-59-39-46-23-9-10-24-47(46)41-64(59)68(65(57)43-50)61-31-17-14-28-54(61)55-29-15-18-32-62(55)68/h3-43H,1-2H3. The van der Waals surface area contributed by atoms with E-state index in [1.807, 2.05) is 0 Å². The lowest BCUT2D eigenvalue weighted by Gasteiger charge is -2.33. The van der Waals surface area contributed by atoms with Gasteiger partial charge in [0, 0.05) is 22.4 Å². The lowest BCUT2D eigenvalue weighted by atomic mass is 9.70. The van der Waals surface area contributed by atoms with Gasteiger partial charge in [0.1, 0.15) is 0 Å². The molecule has 0 aliphatic heterocycles. The molecule has 0 aromatic heterocycles. The van der Waals surface area contributed by atoms with E-state index in [1.165, 1.54) is 111 Å². The predicted octanol–water partition coefficient (Wildman–Crippen LogP) is 18.0. The molecular weight excluding hydrogens is 831 g/mol. The molecule has 0 heterocycles. The minimum atomic E-state index is -0.515. The maximum atomic E-state index is 2.55. The van der Waals surface area contributed by atoms with E-state index in [0.29, 0.717) is 0 Å². The predicted molar refractivity (Wildman–Crippen MR) is 289 cm³/mol. The fourth-order valence-corrected chi connectivity index (χ4v) is 12.6. The van der Waals surface area contributed by atoms with E-state index >= 15 is 0 Å². The maximum absolute atomic E-state index is 2.55. The second-order valence-electron chi connectivity index (χ2n) is 19.6. The summed E-state index contributed by atoms with van der Waals surface area (Å²) in [5.74, 6) is 0. The molecule has 0 amide bonds. The van der Waals surface area contributed by atoms with E-state index in [0.717, 1.165) is 17.1 Å². The number of rotatable bonds is 6. The molecule has 0 saturated heterocycles. The third-order valence-electron chi connectivity index (χ3n) is 15.7. The van der Waals surface area contributed by atoms with Crippen LogP contribution in [0.25, 0.3) is 77.5 Å². The summed E-state index contributed by atoms with van der Waals surface area (Å²) >= 11 is 0. The molecule has 324 valence electrons. The number of nitrogens with zero attached hydrogens (tertiary/aromatic N) is 1. The van der Waals surface area contributed by atoms with Gasteiger partial charge in [-0.1, -0.05) is 214 Å². The van der Waals surface area contributed by atoms with Gasteiger partial charge in [-0.25, -0.2) is 0 Å². The van der Waals surface area contributed by atoms with Gasteiger partial charge >= 0.3 is 0 Å². The van der Waals surface area contributed by atoms with Crippen LogP contribution in [-0.2, 0) is 10.8 Å². The van der Waals surface area contributed by atoms with Crippen molar-refractivity contribution >= 4 is 27.8 Å². The normalized spacial score (nSPS) is 13.9. The van der Waals surface area contributed by atoms with Crippen molar-refractivity contribution in [3.63, 3.8) is 0 Å². The van der Waals surface area contributed by atoms with Gasteiger partial charge in [-0.15, -0.1) is 0 Å². The first-order valence-corrected chi connectivity index (χ1v) is 24.2. The van der Waals surface area contributed by atoms with Crippen LogP contribution in [0.3, 0.4) is 0 Å². The van der Waals surface area contributed by atoms with Crippen molar-refractivity contribution in [3.05, 3.63) is 282 Å². The highest BCUT2D eigenvalue weighted by molar-refractivity contribution is 6.02. The fraction of sp³-hybridized carbons (Fsp3) is 0.0588. The van der Waals surface area contributed by atoms with Crippen molar-refractivity contribution in [3.8, 4) is 66.8 Å². The molecule has 0 radical (unpaired) electrons. The SMILES string of the molecule is CC1(C)c2ccccc2-c2ccc(N(c3ccc4c(c3)C3(c5ccccc5-c5ccccc53)c3cc5ccccc5cc3-4)c3ccc(-c4ccccc4-c4ccccc4)cc3-c3ccccc3)cc21. The quantitative estimate of drug-likeness (QED) is 0.161. The minimum absolute atomic E-state index is 0.177. The Morgan fingerprint density at radius 3 is 1.32 bits per heavy atom. The van der Waals surface area contributed by atoms with Crippen LogP contribution in [0.4, 0.5) is 17.1 Å². The molecule has 0 unspecified atom stereocenters. The summed E-state index contributed by atoms with van der Waals surface area (Å²) in [6, 6.07) is 93.3. The Balaban J connectivity index is 1.05. The van der Waals surface area contributed by atoms with E-state index in [-0.39, 0.29) is 5.41 Å². The summed E-state index contributed by atoms with van der Waals surface area (Å²) in [5.41, 5.74) is 25.7. The Labute approximate surface area is 404 Å². The molecular formula is C68H47N. The van der Waals surface area contributed by atoms with E-state index in [1.54, 1.807) is 0 Å². The fourth-order valence-electron chi connectivity index (χ4n) is 12.6. The zero-order chi connectivity index (χ0) is 45.8. The molecule has 11 aromatic rings. The summed E-state index contributed by atoms with van der Waals surface area (Å²) in [7, 11) is 0. The van der Waals surface area contributed by atoms with Crippen molar-refractivity contribution in [1.82, 2.24) is 0 Å². The molecule has 1 nitrogen and oxygen atoms in total. The topological polar surface area (TPSA) is 3.24 Å². The van der Waals surface area contributed by atoms with E-state index < -0.39 is 5.41 Å². The van der Waals surface area contributed by atoms with Crippen LogP contribution in [-0.4, -0.2) is 0 Å². The first-order valence-electron chi connectivity index (χ1n) is 24.2. The van der Waals surface area contributed by atoms with Crippen LogP contribution in [0.2, 0.25) is 0 Å². The Kier molecular flexibility index (Phi) is 8.61. The molecule has 0 fully saturated rings. The summed E-state index contributed by atoms with van der Waals surface area (Å²) in [6.45, 7) is 4.77. The van der Waals surface area contributed by atoms with Gasteiger partial charge in [-0.05, 0) is 154 Å². The Hall–Kier alpha value is -8.52. The van der Waals surface area contributed by atoms with Crippen LogP contribution in [0.15, 0.2) is 249 Å². The molecule has 14 rings (SSSR count).